The van der Waals surface area contributed by atoms with E-state index in [1.807, 2.05) is 26.1 Å². The number of hydrogen-bond donors (Lipinski definition) is 3. The summed E-state index contributed by atoms with van der Waals surface area (Å²) in [4.78, 5) is 9.20. The van der Waals surface area contributed by atoms with Gasteiger partial charge in [0.05, 0.1) is 11.6 Å². The Kier molecular flexibility index (Phi) is 5.58. The van der Waals surface area contributed by atoms with Crippen LogP contribution in [-0.4, -0.2) is 32.3 Å². The van der Waals surface area contributed by atoms with Gasteiger partial charge in [0.15, 0.2) is 5.65 Å². The van der Waals surface area contributed by atoms with Gasteiger partial charge in [-0.3, -0.25) is 4.68 Å². The number of halogens is 1. The first-order valence-corrected chi connectivity index (χ1v) is 9.04. The van der Waals surface area contributed by atoms with Gasteiger partial charge in [0.25, 0.3) is 0 Å². The molecule has 0 aliphatic heterocycles. The number of nitrogens with zero attached hydrogens (tertiary/aromatic N) is 4. The number of fused-ring (bicyclic) bond motifs is 1. The Morgan fingerprint density at radius 2 is 2.12 bits per heavy atom. The smallest absolute Gasteiger partial charge is 0.226 e. The molecule has 0 saturated carbocycles. The van der Waals surface area contributed by atoms with E-state index in [-0.39, 0.29) is 6.04 Å². The molecule has 0 amide bonds. The second kappa shape index (κ2) is 7.88. The third-order valence-electron chi connectivity index (χ3n) is 4.40. The fourth-order valence-electron chi connectivity index (χ4n) is 2.66. The fourth-order valence-corrected chi connectivity index (χ4v) is 2.87. The fraction of sp³-hybridized carbons (Fsp3) is 0.389. The van der Waals surface area contributed by atoms with Crippen LogP contribution in [0.3, 0.4) is 0 Å². The van der Waals surface area contributed by atoms with E-state index in [0.29, 0.717) is 19.0 Å². The van der Waals surface area contributed by atoms with Gasteiger partial charge in [-0.25, -0.2) is 0 Å². The van der Waals surface area contributed by atoms with Gasteiger partial charge < -0.3 is 16.4 Å². The molecule has 0 bridgehead atoms. The zero-order valence-electron chi connectivity index (χ0n) is 15.3. The van der Waals surface area contributed by atoms with E-state index in [2.05, 4.69) is 38.7 Å². The van der Waals surface area contributed by atoms with Gasteiger partial charge in [-0.2, -0.15) is 15.1 Å². The first-order valence-electron chi connectivity index (χ1n) is 8.67. The molecule has 0 aliphatic carbocycles. The number of aromatic nitrogens is 4. The van der Waals surface area contributed by atoms with Crippen molar-refractivity contribution in [1.82, 2.24) is 19.7 Å². The number of benzene rings is 1. The predicted molar refractivity (Wildman–Crippen MR) is 107 cm³/mol. The minimum Gasteiger partial charge on any atom is -0.365 e. The van der Waals surface area contributed by atoms with Crippen LogP contribution in [0.2, 0.25) is 5.02 Å². The Balaban J connectivity index is 1.89. The molecule has 1 aromatic carbocycles. The summed E-state index contributed by atoms with van der Waals surface area (Å²) in [5.41, 5.74) is 8.70. The molecule has 0 saturated heterocycles. The predicted octanol–water partition coefficient (Wildman–Crippen LogP) is 3.09. The molecule has 0 fully saturated rings. The molecule has 0 aliphatic rings. The summed E-state index contributed by atoms with van der Waals surface area (Å²) >= 11 is 6.22. The lowest BCUT2D eigenvalue weighted by molar-refractivity contribution is 0.695. The normalized spacial score (nSPS) is 12.3. The lowest BCUT2D eigenvalue weighted by atomic mass is 10.1. The molecule has 26 heavy (non-hydrogen) atoms. The van der Waals surface area contributed by atoms with Gasteiger partial charge in [0.2, 0.25) is 5.95 Å². The first kappa shape index (κ1) is 18.4. The number of anilines is 2. The molecule has 4 N–H and O–H groups in total. The van der Waals surface area contributed by atoms with Crippen molar-refractivity contribution in [3.8, 4) is 0 Å². The van der Waals surface area contributed by atoms with Gasteiger partial charge >= 0.3 is 0 Å². The highest BCUT2D eigenvalue weighted by molar-refractivity contribution is 6.31. The second-order valence-electron chi connectivity index (χ2n) is 6.32. The summed E-state index contributed by atoms with van der Waals surface area (Å²) in [5.74, 6) is 1.28. The maximum Gasteiger partial charge on any atom is 0.226 e. The van der Waals surface area contributed by atoms with E-state index >= 15 is 0 Å². The number of aryl methyl sites for hydroxylation is 2. The Bertz CT molecular complexity index is 902. The average molecular weight is 374 g/mol. The Morgan fingerprint density at radius 3 is 2.81 bits per heavy atom. The summed E-state index contributed by atoms with van der Waals surface area (Å²) < 4.78 is 1.74. The van der Waals surface area contributed by atoms with E-state index in [1.165, 1.54) is 0 Å². The van der Waals surface area contributed by atoms with Crippen molar-refractivity contribution in [1.29, 1.82) is 0 Å². The Labute approximate surface area is 158 Å². The van der Waals surface area contributed by atoms with Crippen LogP contribution in [0.5, 0.6) is 0 Å². The molecule has 0 radical (unpaired) electrons. The van der Waals surface area contributed by atoms with E-state index in [0.717, 1.165) is 39.4 Å². The Morgan fingerprint density at radius 1 is 1.31 bits per heavy atom. The van der Waals surface area contributed by atoms with Crippen LogP contribution in [0.25, 0.3) is 11.0 Å². The highest BCUT2D eigenvalue weighted by Gasteiger charge is 2.13. The van der Waals surface area contributed by atoms with Crippen LogP contribution in [0.4, 0.5) is 11.8 Å². The summed E-state index contributed by atoms with van der Waals surface area (Å²) in [7, 11) is 1.86. The maximum absolute atomic E-state index is 6.22. The van der Waals surface area contributed by atoms with Crippen LogP contribution in [0.1, 0.15) is 24.5 Å². The van der Waals surface area contributed by atoms with Crippen LogP contribution < -0.4 is 16.4 Å². The largest absolute Gasteiger partial charge is 0.365 e. The number of nitrogens with one attached hydrogen (secondary N) is 2. The van der Waals surface area contributed by atoms with Crippen LogP contribution in [-0.2, 0) is 13.6 Å². The molecule has 0 unspecified atom stereocenters. The van der Waals surface area contributed by atoms with Crippen molar-refractivity contribution >= 4 is 34.4 Å². The van der Waals surface area contributed by atoms with Crippen LogP contribution in [0, 0.1) is 6.92 Å². The third-order valence-corrected chi connectivity index (χ3v) is 4.81. The van der Waals surface area contributed by atoms with Crippen LogP contribution >= 0.6 is 11.6 Å². The van der Waals surface area contributed by atoms with E-state index in [1.54, 1.807) is 10.9 Å². The van der Waals surface area contributed by atoms with Crippen LogP contribution in [0.15, 0.2) is 24.4 Å². The molecule has 7 nitrogen and oxygen atoms in total. The standard InChI is InChI=1S/C18H24ClN7/c1-4-13(8-20)23-18-24-16(14-10-22-26(3)17(14)25-18)21-9-12-6-5-11(2)15(19)7-12/h5-7,10,13H,4,8-9,20H2,1-3H3,(H2,21,23,24,25)/t13-/m0/s1. The van der Waals surface area contributed by atoms with Crippen molar-refractivity contribution in [2.75, 3.05) is 17.2 Å². The SMILES string of the molecule is CC[C@@H](CN)Nc1nc(NCc2ccc(C)c(Cl)c2)c2cnn(C)c2n1. The molecule has 1 atom stereocenters. The summed E-state index contributed by atoms with van der Waals surface area (Å²) in [6, 6.07) is 6.16. The minimum absolute atomic E-state index is 0.129. The van der Waals surface area contributed by atoms with Gasteiger partial charge in [0.1, 0.15) is 5.82 Å². The molecular formula is C18H24ClN7. The summed E-state index contributed by atoms with van der Waals surface area (Å²) in [5, 5.41) is 12.6. The highest BCUT2D eigenvalue weighted by atomic mass is 35.5. The summed E-state index contributed by atoms with van der Waals surface area (Å²) in [6.07, 6.45) is 2.66. The molecule has 0 spiro atoms. The van der Waals surface area contributed by atoms with E-state index in [4.69, 9.17) is 17.3 Å². The van der Waals surface area contributed by atoms with Crippen molar-refractivity contribution in [2.24, 2.45) is 12.8 Å². The van der Waals surface area contributed by atoms with Gasteiger partial charge in [-0.1, -0.05) is 30.7 Å². The monoisotopic (exact) mass is 373 g/mol. The number of nitrogens with two attached hydrogens (primary N) is 1. The second-order valence-corrected chi connectivity index (χ2v) is 6.73. The number of rotatable bonds is 7. The lowest BCUT2D eigenvalue weighted by Gasteiger charge is -2.16. The van der Waals surface area contributed by atoms with Gasteiger partial charge in [-0.15, -0.1) is 0 Å². The molecule has 8 heteroatoms. The van der Waals surface area contributed by atoms with Gasteiger partial charge in [-0.05, 0) is 30.5 Å². The molecular weight excluding hydrogens is 350 g/mol. The third kappa shape index (κ3) is 3.89. The molecule has 3 rings (SSSR count). The maximum atomic E-state index is 6.22. The van der Waals surface area contributed by atoms with Crippen molar-refractivity contribution in [3.63, 3.8) is 0 Å². The average Bonchev–Trinajstić information content (AvgIpc) is 3.01. The number of hydrogen-bond acceptors (Lipinski definition) is 6. The van der Waals surface area contributed by atoms with Gasteiger partial charge in [0, 0.05) is 31.2 Å². The minimum atomic E-state index is 0.129. The van der Waals surface area contributed by atoms with Crippen molar-refractivity contribution in [2.45, 2.75) is 32.9 Å². The lowest BCUT2D eigenvalue weighted by Crippen LogP contribution is -2.29. The molecule has 2 aromatic heterocycles. The van der Waals surface area contributed by atoms with Crippen molar-refractivity contribution in [3.05, 3.63) is 40.5 Å². The summed E-state index contributed by atoms with van der Waals surface area (Å²) in [6.45, 7) is 5.19. The zero-order chi connectivity index (χ0) is 18.7. The van der Waals surface area contributed by atoms with E-state index < -0.39 is 0 Å². The quantitative estimate of drug-likeness (QED) is 0.589. The molecule has 3 aromatic rings. The van der Waals surface area contributed by atoms with E-state index in [9.17, 15) is 0 Å². The first-order chi connectivity index (χ1) is 12.5. The van der Waals surface area contributed by atoms with Crippen molar-refractivity contribution < 1.29 is 0 Å². The zero-order valence-corrected chi connectivity index (χ0v) is 16.0. The topological polar surface area (TPSA) is 93.7 Å². The Hall–Kier alpha value is -2.38. The molecule has 138 valence electrons. The highest BCUT2D eigenvalue weighted by Crippen LogP contribution is 2.23. The molecule has 2 heterocycles.